The van der Waals surface area contributed by atoms with Gasteiger partial charge in [-0.1, -0.05) is 27.2 Å². The third-order valence-corrected chi connectivity index (χ3v) is 4.81. The molecule has 0 bridgehead atoms. The summed E-state index contributed by atoms with van der Waals surface area (Å²) in [6, 6.07) is 0. The van der Waals surface area contributed by atoms with Gasteiger partial charge in [-0.25, -0.2) is 0 Å². The number of allylic oxidation sites excluding steroid dienone is 2. The first-order chi connectivity index (χ1) is 4.97. The first-order valence-electron chi connectivity index (χ1n) is 3.97. The van der Waals surface area contributed by atoms with Crippen molar-refractivity contribution in [2.24, 2.45) is 0 Å². The Morgan fingerprint density at radius 3 is 2.80 bits per heavy atom. The van der Waals surface area contributed by atoms with Gasteiger partial charge < -0.3 is 0 Å². The van der Waals surface area contributed by atoms with Gasteiger partial charge in [0, 0.05) is 5.75 Å². The SMILES string of the molecule is C1CCC2=C(C1)CCSS2. The maximum atomic E-state index is 2.04. The molecule has 0 N–H and O–H groups in total. The van der Waals surface area contributed by atoms with Crippen LogP contribution in [0.4, 0.5) is 0 Å². The van der Waals surface area contributed by atoms with Crippen molar-refractivity contribution in [1.29, 1.82) is 0 Å². The highest BCUT2D eigenvalue weighted by Crippen LogP contribution is 2.45. The monoisotopic (exact) mass is 172 g/mol. The molecule has 0 amide bonds. The Morgan fingerprint density at radius 1 is 1.00 bits per heavy atom. The second-order valence-corrected chi connectivity index (χ2v) is 5.40. The van der Waals surface area contributed by atoms with Gasteiger partial charge in [-0.2, -0.15) is 0 Å². The molecule has 2 aliphatic rings. The van der Waals surface area contributed by atoms with Crippen molar-refractivity contribution in [2.75, 3.05) is 5.75 Å². The molecule has 1 heterocycles. The minimum atomic E-state index is 1.35. The largest absolute Gasteiger partial charge is 0.0889 e. The summed E-state index contributed by atoms with van der Waals surface area (Å²) in [7, 11) is 4.08. The summed E-state index contributed by atoms with van der Waals surface area (Å²) in [6.45, 7) is 0. The van der Waals surface area contributed by atoms with Crippen molar-refractivity contribution >= 4 is 21.6 Å². The molecule has 56 valence electrons. The van der Waals surface area contributed by atoms with Crippen LogP contribution in [0.3, 0.4) is 0 Å². The van der Waals surface area contributed by atoms with Crippen molar-refractivity contribution < 1.29 is 0 Å². The van der Waals surface area contributed by atoms with Gasteiger partial charge in [-0.05, 0) is 37.0 Å². The lowest BCUT2D eigenvalue weighted by atomic mass is 9.97. The Labute approximate surface area is 70.2 Å². The van der Waals surface area contributed by atoms with E-state index in [4.69, 9.17) is 0 Å². The van der Waals surface area contributed by atoms with Crippen LogP contribution in [-0.4, -0.2) is 5.75 Å². The van der Waals surface area contributed by atoms with Crippen LogP contribution in [0.5, 0.6) is 0 Å². The molecule has 10 heavy (non-hydrogen) atoms. The van der Waals surface area contributed by atoms with Crippen LogP contribution in [0.15, 0.2) is 10.5 Å². The highest BCUT2D eigenvalue weighted by molar-refractivity contribution is 8.78. The smallest absolute Gasteiger partial charge is 0.00779 e. The van der Waals surface area contributed by atoms with Gasteiger partial charge in [0.25, 0.3) is 0 Å². The molecule has 0 saturated carbocycles. The summed E-state index contributed by atoms with van der Waals surface area (Å²) >= 11 is 0. The average molecular weight is 172 g/mol. The summed E-state index contributed by atoms with van der Waals surface area (Å²) in [5.74, 6) is 1.35. The maximum Gasteiger partial charge on any atom is 0.00779 e. The third-order valence-electron chi connectivity index (χ3n) is 2.17. The second kappa shape index (κ2) is 3.22. The van der Waals surface area contributed by atoms with E-state index in [1.807, 2.05) is 21.6 Å². The number of rotatable bonds is 0. The summed E-state index contributed by atoms with van der Waals surface area (Å²) in [5, 5.41) is 0. The van der Waals surface area contributed by atoms with E-state index in [0.29, 0.717) is 0 Å². The molecule has 0 saturated heterocycles. The minimum Gasteiger partial charge on any atom is -0.0889 e. The molecule has 2 heteroatoms. The molecule has 0 unspecified atom stereocenters. The summed E-state index contributed by atoms with van der Waals surface area (Å²) in [6.07, 6.45) is 7.05. The Morgan fingerprint density at radius 2 is 1.90 bits per heavy atom. The van der Waals surface area contributed by atoms with Crippen LogP contribution in [0, 0.1) is 0 Å². The fourth-order valence-corrected chi connectivity index (χ4v) is 4.22. The maximum absolute atomic E-state index is 2.04. The fourth-order valence-electron chi connectivity index (χ4n) is 1.58. The van der Waals surface area contributed by atoms with Crippen molar-refractivity contribution in [3.8, 4) is 0 Å². The molecule has 0 radical (unpaired) electrons. The van der Waals surface area contributed by atoms with E-state index in [1.165, 1.54) is 37.9 Å². The lowest BCUT2D eigenvalue weighted by Gasteiger charge is -2.22. The van der Waals surface area contributed by atoms with E-state index in [-0.39, 0.29) is 0 Å². The van der Waals surface area contributed by atoms with Crippen LogP contribution in [0.2, 0.25) is 0 Å². The summed E-state index contributed by atoms with van der Waals surface area (Å²) in [5.41, 5.74) is 1.79. The summed E-state index contributed by atoms with van der Waals surface area (Å²) in [4.78, 5) is 1.72. The van der Waals surface area contributed by atoms with Gasteiger partial charge in [-0.3, -0.25) is 0 Å². The van der Waals surface area contributed by atoms with Crippen LogP contribution in [0.25, 0.3) is 0 Å². The fraction of sp³-hybridized carbons (Fsp3) is 0.750. The second-order valence-electron chi connectivity index (χ2n) is 2.89. The van der Waals surface area contributed by atoms with Gasteiger partial charge in [0.15, 0.2) is 0 Å². The quantitative estimate of drug-likeness (QED) is 0.512. The van der Waals surface area contributed by atoms with Crippen LogP contribution in [-0.2, 0) is 0 Å². The average Bonchev–Trinajstić information content (AvgIpc) is 2.05. The lowest BCUT2D eigenvalue weighted by Crippen LogP contribution is -2.01. The van der Waals surface area contributed by atoms with E-state index < -0.39 is 0 Å². The van der Waals surface area contributed by atoms with Crippen molar-refractivity contribution in [2.45, 2.75) is 32.1 Å². The zero-order valence-corrected chi connectivity index (χ0v) is 7.69. The zero-order chi connectivity index (χ0) is 6.81. The lowest BCUT2D eigenvalue weighted by molar-refractivity contribution is 0.678. The van der Waals surface area contributed by atoms with E-state index >= 15 is 0 Å². The molecule has 0 fully saturated rings. The topological polar surface area (TPSA) is 0 Å². The Kier molecular flexibility index (Phi) is 2.29. The predicted octanol–water partition coefficient (Wildman–Crippen LogP) is 3.60. The van der Waals surface area contributed by atoms with Gasteiger partial charge >= 0.3 is 0 Å². The van der Waals surface area contributed by atoms with Crippen LogP contribution in [0.1, 0.15) is 32.1 Å². The first-order valence-corrected chi connectivity index (χ1v) is 6.29. The standard InChI is InChI=1S/C8H12S2/c1-2-4-8-7(3-1)5-6-9-10-8/h1-6H2. The molecule has 2 rings (SSSR count). The Bertz CT molecular complexity index is 127. The Balaban J connectivity index is 2.14. The molecular formula is C8H12S2. The van der Waals surface area contributed by atoms with Gasteiger partial charge in [0.2, 0.25) is 0 Å². The van der Waals surface area contributed by atoms with E-state index in [9.17, 15) is 0 Å². The minimum absolute atomic E-state index is 1.35. The predicted molar refractivity (Wildman–Crippen MR) is 50.2 cm³/mol. The third kappa shape index (κ3) is 1.37. The van der Waals surface area contributed by atoms with Crippen molar-refractivity contribution in [1.82, 2.24) is 0 Å². The number of hydrogen-bond acceptors (Lipinski definition) is 2. The zero-order valence-electron chi connectivity index (χ0n) is 6.06. The molecule has 1 aliphatic carbocycles. The molecule has 0 aromatic rings. The molecule has 0 nitrogen and oxygen atoms in total. The van der Waals surface area contributed by atoms with Crippen molar-refractivity contribution in [3.63, 3.8) is 0 Å². The normalized spacial score (nSPS) is 26.4. The molecule has 0 atom stereocenters. The first kappa shape index (κ1) is 7.11. The van der Waals surface area contributed by atoms with E-state index in [2.05, 4.69) is 0 Å². The molecule has 0 aromatic carbocycles. The van der Waals surface area contributed by atoms with Gasteiger partial charge in [0.1, 0.15) is 0 Å². The van der Waals surface area contributed by atoms with Gasteiger partial charge in [-0.15, -0.1) is 0 Å². The molecule has 0 spiro atoms. The molecule has 1 aliphatic heterocycles. The highest BCUT2D eigenvalue weighted by Gasteiger charge is 2.16. The molecule has 0 aromatic heterocycles. The van der Waals surface area contributed by atoms with Crippen LogP contribution < -0.4 is 0 Å². The van der Waals surface area contributed by atoms with Crippen molar-refractivity contribution in [3.05, 3.63) is 10.5 Å². The van der Waals surface area contributed by atoms with E-state index in [0.717, 1.165) is 0 Å². The van der Waals surface area contributed by atoms with E-state index in [1.54, 1.807) is 10.5 Å². The highest BCUT2D eigenvalue weighted by atomic mass is 33.1. The van der Waals surface area contributed by atoms with Gasteiger partial charge in [0.05, 0.1) is 0 Å². The Hall–Kier alpha value is 0.440. The summed E-state index contributed by atoms with van der Waals surface area (Å²) < 4.78 is 0. The molecular weight excluding hydrogens is 160 g/mol. The van der Waals surface area contributed by atoms with Crippen LogP contribution >= 0.6 is 21.6 Å². The number of hydrogen-bond donors (Lipinski definition) is 0.